The SMILES string of the molecule is CC(C)C(CNC1(CN)CSCC(C)(C)C1)C(C)C. The average molecular weight is 287 g/mol. The first kappa shape index (κ1) is 17.3. The first-order valence-electron chi connectivity index (χ1n) is 7.74. The molecule has 0 aliphatic carbocycles. The molecule has 1 fully saturated rings. The fraction of sp³-hybridized carbons (Fsp3) is 1.00. The van der Waals surface area contributed by atoms with Crippen LogP contribution < -0.4 is 11.1 Å². The third-order valence-electron chi connectivity index (χ3n) is 4.50. The highest BCUT2D eigenvalue weighted by atomic mass is 32.2. The predicted molar refractivity (Wildman–Crippen MR) is 88.7 cm³/mol. The van der Waals surface area contributed by atoms with E-state index >= 15 is 0 Å². The summed E-state index contributed by atoms with van der Waals surface area (Å²) < 4.78 is 0. The summed E-state index contributed by atoms with van der Waals surface area (Å²) in [5.41, 5.74) is 6.67. The summed E-state index contributed by atoms with van der Waals surface area (Å²) >= 11 is 2.06. The zero-order valence-corrected chi connectivity index (χ0v) is 14.6. The molecule has 1 aliphatic rings. The van der Waals surface area contributed by atoms with Gasteiger partial charge in [0, 0.05) is 17.8 Å². The van der Waals surface area contributed by atoms with Crippen LogP contribution >= 0.6 is 11.8 Å². The molecule has 114 valence electrons. The number of rotatable bonds is 6. The van der Waals surface area contributed by atoms with Crippen molar-refractivity contribution in [3.63, 3.8) is 0 Å². The second-order valence-electron chi connectivity index (χ2n) is 7.85. The molecule has 1 saturated heterocycles. The van der Waals surface area contributed by atoms with Gasteiger partial charge in [-0.3, -0.25) is 0 Å². The second kappa shape index (κ2) is 6.82. The van der Waals surface area contributed by atoms with E-state index in [2.05, 4.69) is 58.6 Å². The lowest BCUT2D eigenvalue weighted by molar-refractivity contribution is 0.192. The molecule has 0 radical (unpaired) electrons. The molecule has 0 aromatic heterocycles. The maximum Gasteiger partial charge on any atom is 0.0400 e. The van der Waals surface area contributed by atoms with Gasteiger partial charge in [-0.05, 0) is 41.9 Å². The van der Waals surface area contributed by atoms with Crippen LogP contribution in [-0.4, -0.2) is 30.1 Å². The molecular weight excluding hydrogens is 252 g/mol. The minimum absolute atomic E-state index is 0.147. The molecular formula is C16H34N2S. The van der Waals surface area contributed by atoms with E-state index in [1.54, 1.807) is 0 Å². The van der Waals surface area contributed by atoms with Crippen molar-refractivity contribution in [3.05, 3.63) is 0 Å². The van der Waals surface area contributed by atoms with E-state index in [0.29, 0.717) is 5.41 Å². The van der Waals surface area contributed by atoms with Crippen LogP contribution in [0.1, 0.15) is 48.0 Å². The van der Waals surface area contributed by atoms with Gasteiger partial charge in [-0.1, -0.05) is 41.5 Å². The molecule has 1 atom stereocenters. The summed E-state index contributed by atoms with van der Waals surface area (Å²) in [7, 11) is 0. The Bertz CT molecular complexity index is 268. The largest absolute Gasteiger partial charge is 0.329 e. The molecule has 0 aromatic rings. The molecule has 0 saturated carbocycles. The Morgan fingerprint density at radius 3 is 2.11 bits per heavy atom. The Morgan fingerprint density at radius 1 is 1.11 bits per heavy atom. The quantitative estimate of drug-likeness (QED) is 0.786. The number of hydrogen-bond acceptors (Lipinski definition) is 3. The van der Waals surface area contributed by atoms with E-state index in [1.165, 1.54) is 12.2 Å². The Balaban J connectivity index is 2.66. The molecule has 19 heavy (non-hydrogen) atoms. The highest BCUT2D eigenvalue weighted by Crippen LogP contribution is 2.39. The first-order chi connectivity index (χ1) is 8.71. The highest BCUT2D eigenvalue weighted by Gasteiger charge is 2.39. The standard InChI is InChI=1S/C16H34N2S/c1-12(2)14(13(3)4)7-18-16(9-17)8-15(5,6)10-19-11-16/h12-14,18H,7-11,17H2,1-6H3. The van der Waals surface area contributed by atoms with Crippen LogP contribution in [-0.2, 0) is 0 Å². The third kappa shape index (κ3) is 4.95. The van der Waals surface area contributed by atoms with Crippen LogP contribution in [0.25, 0.3) is 0 Å². The van der Waals surface area contributed by atoms with Crippen molar-refractivity contribution in [1.82, 2.24) is 5.32 Å². The number of nitrogens with one attached hydrogen (secondary N) is 1. The Hall–Kier alpha value is 0.270. The van der Waals surface area contributed by atoms with Crippen LogP contribution in [0.15, 0.2) is 0 Å². The molecule has 1 aliphatic heterocycles. The summed E-state index contributed by atoms with van der Waals surface area (Å²) in [6.45, 7) is 15.9. The van der Waals surface area contributed by atoms with Gasteiger partial charge >= 0.3 is 0 Å². The van der Waals surface area contributed by atoms with Gasteiger partial charge in [0.25, 0.3) is 0 Å². The normalized spacial score (nSPS) is 27.5. The monoisotopic (exact) mass is 286 g/mol. The summed E-state index contributed by atoms with van der Waals surface area (Å²) in [6.07, 6.45) is 1.20. The number of thioether (sulfide) groups is 1. The Kier molecular flexibility index (Phi) is 6.22. The van der Waals surface area contributed by atoms with E-state index in [1.807, 2.05) is 0 Å². The predicted octanol–water partition coefficient (Wildman–Crippen LogP) is 3.36. The molecule has 0 bridgehead atoms. The van der Waals surface area contributed by atoms with E-state index in [4.69, 9.17) is 5.73 Å². The van der Waals surface area contributed by atoms with Crippen molar-refractivity contribution in [2.24, 2.45) is 28.9 Å². The van der Waals surface area contributed by atoms with E-state index < -0.39 is 0 Å². The molecule has 2 nitrogen and oxygen atoms in total. The lowest BCUT2D eigenvalue weighted by atomic mass is 9.78. The number of nitrogens with two attached hydrogens (primary N) is 1. The summed E-state index contributed by atoms with van der Waals surface area (Å²) in [6, 6.07) is 0. The van der Waals surface area contributed by atoms with Gasteiger partial charge in [-0.25, -0.2) is 0 Å². The van der Waals surface area contributed by atoms with Crippen molar-refractivity contribution in [2.75, 3.05) is 24.6 Å². The number of hydrogen-bond donors (Lipinski definition) is 2. The lowest BCUT2D eigenvalue weighted by Crippen LogP contribution is -2.59. The van der Waals surface area contributed by atoms with Gasteiger partial charge in [0.05, 0.1) is 0 Å². The van der Waals surface area contributed by atoms with Crippen molar-refractivity contribution in [1.29, 1.82) is 0 Å². The zero-order chi connectivity index (χ0) is 14.7. The van der Waals surface area contributed by atoms with Crippen molar-refractivity contribution in [3.8, 4) is 0 Å². The molecule has 3 heteroatoms. The van der Waals surface area contributed by atoms with Crippen molar-refractivity contribution >= 4 is 11.8 Å². The maximum atomic E-state index is 6.12. The van der Waals surface area contributed by atoms with E-state index in [0.717, 1.165) is 36.6 Å². The molecule has 1 heterocycles. The van der Waals surface area contributed by atoms with Crippen molar-refractivity contribution in [2.45, 2.75) is 53.5 Å². The molecule has 0 aromatic carbocycles. The fourth-order valence-corrected chi connectivity index (χ4v) is 4.90. The maximum absolute atomic E-state index is 6.12. The average Bonchev–Trinajstić information content (AvgIpc) is 2.26. The molecule has 3 N–H and O–H groups in total. The summed E-state index contributed by atoms with van der Waals surface area (Å²) in [5, 5.41) is 3.86. The van der Waals surface area contributed by atoms with Crippen molar-refractivity contribution < 1.29 is 0 Å². The summed E-state index contributed by atoms with van der Waals surface area (Å²) in [4.78, 5) is 0. The highest BCUT2D eigenvalue weighted by molar-refractivity contribution is 7.99. The first-order valence-corrected chi connectivity index (χ1v) is 8.90. The van der Waals surface area contributed by atoms with Crippen LogP contribution in [0.2, 0.25) is 0 Å². The molecule has 1 rings (SSSR count). The molecule has 1 unspecified atom stereocenters. The smallest absolute Gasteiger partial charge is 0.0400 e. The van der Waals surface area contributed by atoms with Gasteiger partial charge < -0.3 is 11.1 Å². The third-order valence-corrected chi connectivity index (χ3v) is 6.25. The second-order valence-corrected chi connectivity index (χ2v) is 8.84. The Morgan fingerprint density at radius 2 is 1.68 bits per heavy atom. The summed E-state index contributed by atoms with van der Waals surface area (Å²) in [5.74, 6) is 4.61. The topological polar surface area (TPSA) is 38.0 Å². The van der Waals surface area contributed by atoms with Crippen LogP contribution in [0.4, 0.5) is 0 Å². The fourth-order valence-electron chi connectivity index (χ4n) is 3.43. The molecule has 0 amide bonds. The van der Waals surface area contributed by atoms with Crippen LogP contribution in [0, 0.1) is 23.2 Å². The minimum atomic E-state index is 0.147. The van der Waals surface area contributed by atoms with Gasteiger partial charge in [0.2, 0.25) is 0 Å². The zero-order valence-electron chi connectivity index (χ0n) is 13.8. The Labute approximate surface area is 124 Å². The van der Waals surface area contributed by atoms with E-state index in [9.17, 15) is 0 Å². The van der Waals surface area contributed by atoms with Gasteiger partial charge in [0.1, 0.15) is 0 Å². The molecule has 0 spiro atoms. The lowest BCUT2D eigenvalue weighted by Gasteiger charge is -2.45. The van der Waals surface area contributed by atoms with Gasteiger partial charge in [0.15, 0.2) is 0 Å². The van der Waals surface area contributed by atoms with Gasteiger partial charge in [-0.2, -0.15) is 11.8 Å². The van der Waals surface area contributed by atoms with Crippen LogP contribution in [0.3, 0.4) is 0 Å². The van der Waals surface area contributed by atoms with Crippen LogP contribution in [0.5, 0.6) is 0 Å². The van der Waals surface area contributed by atoms with Gasteiger partial charge in [-0.15, -0.1) is 0 Å². The minimum Gasteiger partial charge on any atom is -0.329 e. The van der Waals surface area contributed by atoms with E-state index in [-0.39, 0.29) is 5.54 Å².